The predicted molar refractivity (Wildman–Crippen MR) is 119 cm³/mol. The Balaban J connectivity index is 1.58. The lowest BCUT2D eigenvalue weighted by Crippen LogP contribution is -2.33. The van der Waals surface area contributed by atoms with Crippen molar-refractivity contribution in [2.75, 3.05) is 33.4 Å². The maximum Gasteiger partial charge on any atom is 0.249 e. The largest absolute Gasteiger partial charge is 0.497 e. The molecule has 0 radical (unpaired) electrons. The SMILES string of the molecule is COc1ccc(C#Cc2nc3ccc(C)cc3nc2OCCN2CCCCC2)cc1. The quantitative estimate of drug-likeness (QED) is 0.600. The number of aromatic nitrogens is 2. The first kappa shape index (κ1) is 20.2. The summed E-state index contributed by atoms with van der Waals surface area (Å²) in [5.74, 6) is 7.64. The highest BCUT2D eigenvalue weighted by atomic mass is 16.5. The molecule has 1 fully saturated rings. The number of likely N-dealkylation sites (tertiary alicyclic amines) is 1. The molecular weight excluding hydrogens is 374 g/mol. The number of fused-ring (bicyclic) bond motifs is 1. The van der Waals surface area contributed by atoms with Crippen LogP contribution in [-0.4, -0.2) is 48.2 Å². The van der Waals surface area contributed by atoms with Crippen LogP contribution in [0.5, 0.6) is 11.6 Å². The molecule has 0 aliphatic carbocycles. The summed E-state index contributed by atoms with van der Waals surface area (Å²) >= 11 is 0. The lowest BCUT2D eigenvalue weighted by atomic mass is 10.1. The fraction of sp³-hybridized carbons (Fsp3) is 0.360. The lowest BCUT2D eigenvalue weighted by Gasteiger charge is -2.26. The molecule has 5 heteroatoms. The summed E-state index contributed by atoms with van der Waals surface area (Å²) in [5.41, 5.74) is 4.26. The second-order valence-electron chi connectivity index (χ2n) is 7.60. The Bertz CT molecular complexity index is 1060. The van der Waals surface area contributed by atoms with E-state index in [1.165, 1.54) is 19.3 Å². The van der Waals surface area contributed by atoms with Gasteiger partial charge in [0, 0.05) is 12.1 Å². The molecule has 3 aromatic rings. The van der Waals surface area contributed by atoms with Gasteiger partial charge in [-0.15, -0.1) is 0 Å². The highest BCUT2D eigenvalue weighted by molar-refractivity contribution is 5.76. The van der Waals surface area contributed by atoms with E-state index in [1.807, 2.05) is 42.5 Å². The van der Waals surface area contributed by atoms with E-state index in [0.717, 1.165) is 47.5 Å². The van der Waals surface area contributed by atoms with E-state index in [4.69, 9.17) is 19.4 Å². The fourth-order valence-corrected chi connectivity index (χ4v) is 3.59. The Morgan fingerprint density at radius 2 is 1.73 bits per heavy atom. The van der Waals surface area contributed by atoms with Crippen LogP contribution in [0.1, 0.15) is 36.1 Å². The number of ether oxygens (including phenoxy) is 2. The molecule has 2 aromatic carbocycles. The highest BCUT2D eigenvalue weighted by Gasteiger charge is 2.12. The van der Waals surface area contributed by atoms with E-state index in [2.05, 4.69) is 23.7 Å². The van der Waals surface area contributed by atoms with Crippen molar-refractivity contribution in [2.45, 2.75) is 26.2 Å². The number of hydrogen-bond acceptors (Lipinski definition) is 5. The first-order valence-corrected chi connectivity index (χ1v) is 10.5. The molecule has 0 unspecified atom stereocenters. The minimum atomic E-state index is 0.506. The molecule has 0 N–H and O–H groups in total. The van der Waals surface area contributed by atoms with Crippen LogP contribution in [0.25, 0.3) is 11.0 Å². The summed E-state index contributed by atoms with van der Waals surface area (Å²) in [6, 6.07) is 13.7. The zero-order valence-corrected chi connectivity index (χ0v) is 17.6. The molecule has 0 bridgehead atoms. The van der Waals surface area contributed by atoms with Gasteiger partial charge < -0.3 is 9.47 Å². The molecule has 2 heterocycles. The van der Waals surface area contributed by atoms with E-state index in [-0.39, 0.29) is 0 Å². The van der Waals surface area contributed by atoms with Crippen molar-refractivity contribution in [1.82, 2.24) is 14.9 Å². The van der Waals surface area contributed by atoms with E-state index in [0.29, 0.717) is 18.2 Å². The average molecular weight is 402 g/mol. The van der Waals surface area contributed by atoms with Crippen LogP contribution < -0.4 is 9.47 Å². The van der Waals surface area contributed by atoms with Crippen molar-refractivity contribution in [1.29, 1.82) is 0 Å². The van der Waals surface area contributed by atoms with Crippen molar-refractivity contribution in [2.24, 2.45) is 0 Å². The molecule has 1 saturated heterocycles. The number of aryl methyl sites for hydroxylation is 1. The molecule has 0 atom stereocenters. The van der Waals surface area contributed by atoms with Crippen molar-refractivity contribution in [3.8, 4) is 23.5 Å². The second kappa shape index (κ2) is 9.60. The summed E-state index contributed by atoms with van der Waals surface area (Å²) in [6.07, 6.45) is 3.87. The van der Waals surface area contributed by atoms with Crippen molar-refractivity contribution >= 4 is 11.0 Å². The minimum Gasteiger partial charge on any atom is -0.497 e. The van der Waals surface area contributed by atoms with Gasteiger partial charge >= 0.3 is 0 Å². The van der Waals surface area contributed by atoms with Crippen LogP contribution in [0, 0.1) is 18.8 Å². The van der Waals surface area contributed by atoms with Gasteiger partial charge in [-0.2, -0.15) is 0 Å². The van der Waals surface area contributed by atoms with E-state index in [1.54, 1.807) is 7.11 Å². The molecule has 5 nitrogen and oxygen atoms in total. The van der Waals surface area contributed by atoms with E-state index in [9.17, 15) is 0 Å². The van der Waals surface area contributed by atoms with Gasteiger partial charge in [-0.1, -0.05) is 18.4 Å². The molecular formula is C25H27N3O2. The Morgan fingerprint density at radius 1 is 0.933 bits per heavy atom. The number of nitrogens with zero attached hydrogens (tertiary/aromatic N) is 3. The van der Waals surface area contributed by atoms with Gasteiger partial charge in [0.2, 0.25) is 5.88 Å². The zero-order chi connectivity index (χ0) is 20.8. The zero-order valence-electron chi connectivity index (χ0n) is 17.6. The van der Waals surface area contributed by atoms with E-state index < -0.39 is 0 Å². The number of piperidine rings is 1. The maximum absolute atomic E-state index is 6.08. The van der Waals surface area contributed by atoms with Gasteiger partial charge in [-0.3, -0.25) is 4.90 Å². The van der Waals surface area contributed by atoms with Crippen molar-refractivity contribution in [3.63, 3.8) is 0 Å². The topological polar surface area (TPSA) is 47.5 Å². The number of hydrogen-bond donors (Lipinski definition) is 0. The van der Waals surface area contributed by atoms with Gasteiger partial charge in [0.1, 0.15) is 12.4 Å². The van der Waals surface area contributed by atoms with Crippen LogP contribution in [0.15, 0.2) is 42.5 Å². The minimum absolute atomic E-state index is 0.506. The summed E-state index contributed by atoms with van der Waals surface area (Å²) < 4.78 is 11.3. The van der Waals surface area contributed by atoms with Crippen LogP contribution >= 0.6 is 0 Å². The van der Waals surface area contributed by atoms with Gasteiger partial charge in [-0.05, 0) is 80.7 Å². The van der Waals surface area contributed by atoms with Crippen LogP contribution in [0.2, 0.25) is 0 Å². The van der Waals surface area contributed by atoms with Crippen LogP contribution in [0.3, 0.4) is 0 Å². The maximum atomic E-state index is 6.08. The third-order valence-electron chi connectivity index (χ3n) is 5.30. The molecule has 1 aliphatic rings. The van der Waals surface area contributed by atoms with Crippen LogP contribution in [-0.2, 0) is 0 Å². The first-order chi connectivity index (χ1) is 14.7. The lowest BCUT2D eigenvalue weighted by molar-refractivity contribution is 0.180. The normalized spacial score (nSPS) is 14.2. The van der Waals surface area contributed by atoms with E-state index >= 15 is 0 Å². The second-order valence-corrected chi connectivity index (χ2v) is 7.60. The van der Waals surface area contributed by atoms with Gasteiger partial charge in [0.15, 0.2) is 5.69 Å². The Hall–Kier alpha value is -3.10. The highest BCUT2D eigenvalue weighted by Crippen LogP contribution is 2.20. The Labute approximate surface area is 178 Å². The first-order valence-electron chi connectivity index (χ1n) is 10.5. The monoisotopic (exact) mass is 401 g/mol. The Kier molecular flexibility index (Phi) is 6.46. The molecule has 1 aliphatic heterocycles. The number of benzene rings is 2. The fourth-order valence-electron chi connectivity index (χ4n) is 3.59. The molecule has 1 aromatic heterocycles. The predicted octanol–water partition coefficient (Wildman–Crippen LogP) is 4.21. The molecule has 0 amide bonds. The summed E-state index contributed by atoms with van der Waals surface area (Å²) in [6.45, 7) is 5.84. The third kappa shape index (κ3) is 5.08. The summed E-state index contributed by atoms with van der Waals surface area (Å²) in [5, 5.41) is 0. The Morgan fingerprint density at radius 3 is 2.50 bits per heavy atom. The van der Waals surface area contributed by atoms with Crippen molar-refractivity contribution in [3.05, 3.63) is 59.3 Å². The van der Waals surface area contributed by atoms with Crippen LogP contribution in [0.4, 0.5) is 0 Å². The third-order valence-corrected chi connectivity index (χ3v) is 5.30. The van der Waals surface area contributed by atoms with Crippen molar-refractivity contribution < 1.29 is 9.47 Å². The average Bonchev–Trinajstić information content (AvgIpc) is 2.78. The standard InChI is InChI=1S/C25H27N3O2/c1-19-6-12-22-24(18-19)27-25(30-17-16-28-14-4-3-5-15-28)23(26-22)13-9-20-7-10-21(29-2)11-8-20/h6-8,10-12,18H,3-5,14-17H2,1-2H3. The van der Waals surface area contributed by atoms with Gasteiger partial charge in [0.25, 0.3) is 0 Å². The molecule has 154 valence electrons. The molecule has 0 spiro atoms. The molecule has 0 saturated carbocycles. The summed E-state index contributed by atoms with van der Waals surface area (Å²) in [4.78, 5) is 11.9. The smallest absolute Gasteiger partial charge is 0.249 e. The number of rotatable bonds is 5. The van der Waals surface area contributed by atoms with Gasteiger partial charge in [-0.25, -0.2) is 9.97 Å². The molecule has 4 rings (SSSR count). The number of methoxy groups -OCH3 is 1. The summed E-state index contributed by atoms with van der Waals surface area (Å²) in [7, 11) is 1.65. The van der Waals surface area contributed by atoms with Gasteiger partial charge in [0.05, 0.1) is 18.1 Å². The molecule has 30 heavy (non-hydrogen) atoms.